The van der Waals surface area contributed by atoms with E-state index in [1.807, 2.05) is 0 Å². The quantitative estimate of drug-likeness (QED) is 0.611. The zero-order valence-electron chi connectivity index (χ0n) is 14.8. The number of rotatable bonds is 5. The fourth-order valence-corrected chi connectivity index (χ4v) is 3.75. The summed E-state index contributed by atoms with van der Waals surface area (Å²) in [7, 11) is 0. The maximum atomic E-state index is 11.4. The van der Waals surface area contributed by atoms with Crippen LogP contribution in [0.15, 0.2) is 0 Å². The van der Waals surface area contributed by atoms with Gasteiger partial charge in [0.2, 0.25) is 17.6 Å². The van der Waals surface area contributed by atoms with Crippen LogP contribution in [0.4, 0.5) is 23.3 Å². The first kappa shape index (κ1) is 17.7. The van der Waals surface area contributed by atoms with Crippen molar-refractivity contribution in [3.8, 4) is 0 Å². The average molecular weight is 350 g/mol. The van der Waals surface area contributed by atoms with Gasteiger partial charge in [-0.05, 0) is 31.1 Å². The van der Waals surface area contributed by atoms with Gasteiger partial charge < -0.3 is 20.7 Å². The monoisotopic (exact) mass is 350 g/mol. The molecule has 0 aromatic carbocycles. The molecule has 2 aliphatic heterocycles. The Hall–Kier alpha value is -2.16. The molecule has 0 saturated carbocycles. The lowest BCUT2D eigenvalue weighted by atomic mass is 9.92. The summed E-state index contributed by atoms with van der Waals surface area (Å²) in [4.78, 5) is 21.6. The molecule has 1 aromatic heterocycles. The molecule has 3 N–H and O–H groups in total. The topological polar surface area (TPSA) is 119 Å². The number of nitro groups is 1. The van der Waals surface area contributed by atoms with Crippen molar-refractivity contribution in [1.29, 1.82) is 0 Å². The van der Waals surface area contributed by atoms with Crippen LogP contribution in [0.3, 0.4) is 0 Å². The van der Waals surface area contributed by atoms with Gasteiger partial charge in [-0.1, -0.05) is 13.8 Å². The van der Waals surface area contributed by atoms with Crippen LogP contribution in [-0.2, 0) is 4.74 Å². The van der Waals surface area contributed by atoms with E-state index in [-0.39, 0.29) is 23.4 Å². The highest BCUT2D eigenvalue weighted by molar-refractivity contribution is 5.70. The highest BCUT2D eigenvalue weighted by Gasteiger charge is 2.29. The van der Waals surface area contributed by atoms with Crippen molar-refractivity contribution >= 4 is 23.3 Å². The number of nitrogens with one attached hydrogen (secondary N) is 1. The van der Waals surface area contributed by atoms with Gasteiger partial charge in [0, 0.05) is 26.2 Å². The van der Waals surface area contributed by atoms with Crippen molar-refractivity contribution < 1.29 is 9.66 Å². The van der Waals surface area contributed by atoms with Crippen LogP contribution in [0.2, 0.25) is 0 Å². The second-order valence-corrected chi connectivity index (χ2v) is 7.23. The molecule has 0 aliphatic carbocycles. The summed E-state index contributed by atoms with van der Waals surface area (Å²) in [6, 6.07) is 0. The summed E-state index contributed by atoms with van der Waals surface area (Å²) < 4.78 is 5.56. The molecule has 2 aliphatic rings. The van der Waals surface area contributed by atoms with Gasteiger partial charge in [-0.25, -0.2) is 0 Å². The number of nitrogens with zero attached hydrogens (tertiary/aromatic N) is 4. The highest BCUT2D eigenvalue weighted by Crippen LogP contribution is 2.32. The SMILES string of the molecule is C[C@@H]1C[C@@H](C)CN(c2nc(N)c([N+](=O)[O-])c(NC[C@H]3CCCO3)n2)C1. The summed E-state index contributed by atoms with van der Waals surface area (Å²) >= 11 is 0. The average Bonchev–Trinajstić information content (AvgIpc) is 3.04. The van der Waals surface area contributed by atoms with E-state index in [4.69, 9.17) is 10.5 Å². The minimum atomic E-state index is -0.529. The van der Waals surface area contributed by atoms with Gasteiger partial charge in [0.15, 0.2) is 0 Å². The zero-order valence-corrected chi connectivity index (χ0v) is 14.8. The van der Waals surface area contributed by atoms with Crippen molar-refractivity contribution in [2.75, 3.05) is 42.2 Å². The summed E-state index contributed by atoms with van der Waals surface area (Å²) in [6.07, 6.45) is 3.16. The van der Waals surface area contributed by atoms with Crippen LogP contribution in [0.1, 0.15) is 33.1 Å². The number of nitrogens with two attached hydrogens (primary N) is 1. The molecule has 0 amide bonds. The van der Waals surface area contributed by atoms with E-state index < -0.39 is 4.92 Å². The molecular weight excluding hydrogens is 324 g/mol. The Morgan fingerprint density at radius 1 is 1.36 bits per heavy atom. The smallest absolute Gasteiger partial charge is 0.353 e. The Labute approximate surface area is 147 Å². The Kier molecular flexibility index (Phi) is 5.22. The molecule has 0 unspecified atom stereocenters. The first-order valence-electron chi connectivity index (χ1n) is 8.86. The van der Waals surface area contributed by atoms with Gasteiger partial charge in [0.05, 0.1) is 11.0 Å². The molecule has 1 aromatic rings. The number of nitrogen functional groups attached to an aromatic ring is 1. The summed E-state index contributed by atoms with van der Waals surface area (Å²) in [5.41, 5.74) is 5.63. The molecule has 9 nitrogen and oxygen atoms in total. The highest BCUT2D eigenvalue weighted by atomic mass is 16.6. The van der Waals surface area contributed by atoms with Gasteiger partial charge in [-0.2, -0.15) is 9.97 Å². The fourth-order valence-electron chi connectivity index (χ4n) is 3.75. The first-order chi connectivity index (χ1) is 11.9. The van der Waals surface area contributed by atoms with E-state index in [0.29, 0.717) is 24.3 Å². The third-order valence-electron chi connectivity index (χ3n) is 4.75. The van der Waals surface area contributed by atoms with Gasteiger partial charge >= 0.3 is 5.69 Å². The third-order valence-corrected chi connectivity index (χ3v) is 4.75. The maximum absolute atomic E-state index is 11.4. The number of hydrogen-bond donors (Lipinski definition) is 2. The van der Waals surface area contributed by atoms with Crippen LogP contribution in [-0.4, -0.2) is 47.2 Å². The number of piperidine rings is 1. The van der Waals surface area contributed by atoms with E-state index in [2.05, 4.69) is 34.0 Å². The number of anilines is 3. The van der Waals surface area contributed by atoms with Crippen molar-refractivity contribution in [1.82, 2.24) is 9.97 Å². The van der Waals surface area contributed by atoms with Crippen molar-refractivity contribution in [2.45, 2.75) is 39.2 Å². The minimum absolute atomic E-state index is 0.0503. The van der Waals surface area contributed by atoms with Crippen LogP contribution < -0.4 is 16.0 Å². The standard InChI is InChI=1S/C16H26N6O3/c1-10-6-11(2)9-21(8-10)16-19-14(17)13(22(23)24)15(20-16)18-7-12-4-3-5-25-12/h10-12H,3-9H2,1-2H3,(H3,17,18,19,20)/t10-,11-,12-/m1/s1. The van der Waals surface area contributed by atoms with Gasteiger partial charge in [0.1, 0.15) is 0 Å². The van der Waals surface area contributed by atoms with Crippen LogP contribution >= 0.6 is 0 Å². The molecule has 0 radical (unpaired) electrons. The normalized spacial score (nSPS) is 26.6. The molecule has 3 rings (SSSR count). The molecule has 3 atom stereocenters. The zero-order chi connectivity index (χ0) is 18.0. The fraction of sp³-hybridized carbons (Fsp3) is 0.750. The van der Waals surface area contributed by atoms with Crippen molar-refractivity contribution in [3.05, 3.63) is 10.1 Å². The lowest BCUT2D eigenvalue weighted by Gasteiger charge is -2.35. The lowest BCUT2D eigenvalue weighted by molar-refractivity contribution is -0.383. The van der Waals surface area contributed by atoms with Gasteiger partial charge in [-0.15, -0.1) is 0 Å². The number of aromatic nitrogens is 2. The Morgan fingerprint density at radius 3 is 2.68 bits per heavy atom. The van der Waals surface area contributed by atoms with E-state index >= 15 is 0 Å². The molecule has 0 bridgehead atoms. The van der Waals surface area contributed by atoms with Crippen LogP contribution in [0.25, 0.3) is 0 Å². The third kappa shape index (κ3) is 4.09. The van der Waals surface area contributed by atoms with E-state index in [1.165, 1.54) is 0 Å². The molecule has 138 valence electrons. The molecule has 3 heterocycles. The van der Waals surface area contributed by atoms with E-state index in [9.17, 15) is 10.1 Å². The molecule has 0 spiro atoms. The Bertz CT molecular complexity index is 625. The van der Waals surface area contributed by atoms with Crippen LogP contribution in [0, 0.1) is 22.0 Å². The predicted molar refractivity (Wildman–Crippen MR) is 95.7 cm³/mol. The van der Waals surface area contributed by atoms with Gasteiger partial charge in [-0.3, -0.25) is 10.1 Å². The van der Waals surface area contributed by atoms with E-state index in [0.717, 1.165) is 39.0 Å². The number of ether oxygens (including phenoxy) is 1. The molecule has 2 saturated heterocycles. The lowest BCUT2D eigenvalue weighted by Crippen LogP contribution is -2.40. The summed E-state index contributed by atoms with van der Waals surface area (Å²) in [6.45, 7) is 7.24. The van der Waals surface area contributed by atoms with E-state index in [1.54, 1.807) is 0 Å². The van der Waals surface area contributed by atoms with Crippen LogP contribution in [0.5, 0.6) is 0 Å². The minimum Gasteiger partial charge on any atom is -0.378 e. The van der Waals surface area contributed by atoms with Crippen molar-refractivity contribution in [3.63, 3.8) is 0 Å². The Morgan fingerprint density at radius 2 is 2.08 bits per heavy atom. The molecule has 9 heteroatoms. The molecule has 25 heavy (non-hydrogen) atoms. The first-order valence-corrected chi connectivity index (χ1v) is 8.86. The number of hydrogen-bond acceptors (Lipinski definition) is 8. The second kappa shape index (κ2) is 7.38. The summed E-state index contributed by atoms with van der Waals surface area (Å²) in [5, 5.41) is 14.4. The summed E-state index contributed by atoms with van der Waals surface area (Å²) in [5.74, 6) is 1.57. The maximum Gasteiger partial charge on any atom is 0.353 e. The van der Waals surface area contributed by atoms with Crippen molar-refractivity contribution in [2.24, 2.45) is 11.8 Å². The second-order valence-electron chi connectivity index (χ2n) is 7.23. The largest absolute Gasteiger partial charge is 0.378 e. The molecule has 2 fully saturated rings. The van der Waals surface area contributed by atoms with Gasteiger partial charge in [0.25, 0.3) is 0 Å². The Balaban J connectivity index is 1.85. The molecular formula is C16H26N6O3. The predicted octanol–water partition coefficient (Wildman–Crippen LogP) is 2.04.